The summed E-state index contributed by atoms with van der Waals surface area (Å²) >= 11 is 0. The van der Waals surface area contributed by atoms with Gasteiger partial charge in [0.05, 0.1) is 19.2 Å². The summed E-state index contributed by atoms with van der Waals surface area (Å²) in [4.78, 5) is 54.3. The molecular formula is C24H33N5O5. The predicted octanol–water partition coefficient (Wildman–Crippen LogP) is 0.965. The molecule has 1 saturated heterocycles. The van der Waals surface area contributed by atoms with Crippen LogP contribution in [0.25, 0.3) is 0 Å². The number of nitrogen functional groups attached to an aromatic ring is 1. The predicted molar refractivity (Wildman–Crippen MR) is 131 cm³/mol. The Balaban J connectivity index is 1.75. The molecule has 0 amide bonds. The monoisotopic (exact) mass is 471 g/mol. The molecule has 2 N–H and O–H groups in total. The number of piperazine rings is 1. The first-order chi connectivity index (χ1) is 16.0. The van der Waals surface area contributed by atoms with Crippen LogP contribution in [0.4, 0.5) is 11.5 Å². The summed E-state index contributed by atoms with van der Waals surface area (Å²) in [6.07, 6.45) is 0. The number of rotatable bonds is 7. The number of nitrogens with two attached hydrogens (primary N) is 1. The molecule has 0 saturated carbocycles. The Hall–Kier alpha value is -3.40. The van der Waals surface area contributed by atoms with Gasteiger partial charge in [0, 0.05) is 45.0 Å². The third-order valence-corrected chi connectivity index (χ3v) is 6.18. The molecular weight excluding hydrogens is 438 g/mol. The lowest BCUT2D eigenvalue weighted by Gasteiger charge is -2.40. The number of esters is 1. The Morgan fingerprint density at radius 3 is 2.35 bits per heavy atom. The van der Waals surface area contributed by atoms with Gasteiger partial charge in [0.15, 0.2) is 5.78 Å². The van der Waals surface area contributed by atoms with Crippen molar-refractivity contribution < 1.29 is 14.3 Å². The van der Waals surface area contributed by atoms with Crippen LogP contribution in [0.5, 0.6) is 0 Å². The van der Waals surface area contributed by atoms with Gasteiger partial charge in [-0.3, -0.25) is 23.6 Å². The maximum absolute atomic E-state index is 13.2. The second-order valence-corrected chi connectivity index (χ2v) is 9.14. The molecule has 0 radical (unpaired) electrons. The van der Waals surface area contributed by atoms with E-state index in [-0.39, 0.29) is 35.9 Å². The van der Waals surface area contributed by atoms with Crippen LogP contribution in [-0.2, 0) is 18.3 Å². The molecule has 184 valence electrons. The van der Waals surface area contributed by atoms with E-state index in [2.05, 4.69) is 4.90 Å². The second kappa shape index (κ2) is 10.3. The molecule has 10 nitrogen and oxygen atoms in total. The van der Waals surface area contributed by atoms with E-state index in [1.165, 1.54) is 18.7 Å². The van der Waals surface area contributed by atoms with Gasteiger partial charge in [0.2, 0.25) is 0 Å². The fraction of sp³-hybridized carbons (Fsp3) is 0.500. The molecule has 1 fully saturated rings. The summed E-state index contributed by atoms with van der Waals surface area (Å²) in [5.41, 5.74) is 6.31. The Labute approximate surface area is 198 Å². The molecule has 1 aromatic heterocycles. The average Bonchev–Trinajstić information content (AvgIpc) is 2.81. The summed E-state index contributed by atoms with van der Waals surface area (Å²) in [5, 5.41) is 0. The molecule has 34 heavy (non-hydrogen) atoms. The zero-order valence-electron chi connectivity index (χ0n) is 20.4. The Morgan fingerprint density at radius 1 is 1.15 bits per heavy atom. The summed E-state index contributed by atoms with van der Waals surface area (Å²) in [6, 6.07) is 7.24. The first-order valence-electron chi connectivity index (χ1n) is 11.3. The van der Waals surface area contributed by atoms with Crippen molar-refractivity contribution in [2.75, 3.05) is 43.9 Å². The molecule has 1 atom stereocenters. The van der Waals surface area contributed by atoms with Gasteiger partial charge >= 0.3 is 11.7 Å². The molecule has 0 bridgehead atoms. The van der Waals surface area contributed by atoms with Gasteiger partial charge in [-0.1, -0.05) is 13.8 Å². The number of ether oxygens (including phenoxy) is 1. The molecule has 0 aliphatic carbocycles. The normalized spacial score (nSPS) is 16.6. The lowest BCUT2D eigenvalue weighted by Crippen LogP contribution is -2.54. The summed E-state index contributed by atoms with van der Waals surface area (Å²) in [7, 11) is 2.71. The highest BCUT2D eigenvalue weighted by atomic mass is 16.5. The van der Waals surface area contributed by atoms with Crippen LogP contribution >= 0.6 is 0 Å². The van der Waals surface area contributed by atoms with Crippen LogP contribution in [-0.4, -0.2) is 65.1 Å². The van der Waals surface area contributed by atoms with Crippen molar-refractivity contribution >= 4 is 23.3 Å². The van der Waals surface area contributed by atoms with Crippen molar-refractivity contribution in [3.05, 3.63) is 56.2 Å². The Bertz CT molecular complexity index is 1180. The molecule has 3 rings (SSSR count). The molecule has 1 aliphatic heterocycles. The van der Waals surface area contributed by atoms with E-state index in [1.807, 2.05) is 37.8 Å². The molecule has 0 spiro atoms. The highest BCUT2D eigenvalue weighted by Gasteiger charge is 2.29. The minimum atomic E-state index is -0.663. The van der Waals surface area contributed by atoms with Crippen molar-refractivity contribution in [3.63, 3.8) is 0 Å². The van der Waals surface area contributed by atoms with Crippen molar-refractivity contribution in [1.82, 2.24) is 14.0 Å². The number of hydrogen-bond donors (Lipinski definition) is 1. The first kappa shape index (κ1) is 25.2. The van der Waals surface area contributed by atoms with E-state index in [0.717, 1.165) is 10.3 Å². The molecule has 1 unspecified atom stereocenters. The van der Waals surface area contributed by atoms with Crippen LogP contribution < -0.4 is 21.9 Å². The van der Waals surface area contributed by atoms with Crippen LogP contribution in [0.2, 0.25) is 0 Å². The number of carbonyl (C=O) groups excluding carboxylic acids is 2. The molecule has 1 aromatic carbocycles. The van der Waals surface area contributed by atoms with Crippen LogP contribution in [0.15, 0.2) is 33.9 Å². The maximum Gasteiger partial charge on any atom is 0.337 e. The zero-order valence-corrected chi connectivity index (χ0v) is 20.4. The van der Waals surface area contributed by atoms with Gasteiger partial charge in [-0.25, -0.2) is 9.59 Å². The summed E-state index contributed by atoms with van der Waals surface area (Å²) in [5.74, 6) is -0.717. The zero-order chi connectivity index (χ0) is 25.2. The first-order valence-corrected chi connectivity index (χ1v) is 11.3. The van der Waals surface area contributed by atoms with Gasteiger partial charge < -0.3 is 15.4 Å². The van der Waals surface area contributed by atoms with Crippen molar-refractivity contribution in [1.29, 1.82) is 0 Å². The van der Waals surface area contributed by atoms with Gasteiger partial charge in [-0.15, -0.1) is 0 Å². The number of carbonyl (C=O) groups is 2. The minimum absolute atomic E-state index is 0.0321. The van der Waals surface area contributed by atoms with Gasteiger partial charge in [0.1, 0.15) is 11.4 Å². The average molecular weight is 472 g/mol. The number of aromatic nitrogens is 2. The standard InChI is InChI=1S/C24H33N5O5/c1-15(2)12-29-21(25)20(22(31)26(4)24(29)33)19(30)14-27-10-11-28(13-16(27)3)18-8-6-17(7-9-18)23(32)34-5/h6-9,15-16H,10-14,25H2,1-5H3. The topological polar surface area (TPSA) is 120 Å². The van der Waals surface area contributed by atoms with E-state index in [0.29, 0.717) is 31.7 Å². The maximum atomic E-state index is 13.2. The molecule has 2 heterocycles. The second-order valence-electron chi connectivity index (χ2n) is 9.14. The highest BCUT2D eigenvalue weighted by Crippen LogP contribution is 2.21. The van der Waals surface area contributed by atoms with Crippen LogP contribution in [0.3, 0.4) is 0 Å². The summed E-state index contributed by atoms with van der Waals surface area (Å²) < 4.78 is 6.99. The van der Waals surface area contributed by atoms with E-state index in [4.69, 9.17) is 10.5 Å². The van der Waals surface area contributed by atoms with Crippen molar-refractivity contribution in [2.24, 2.45) is 13.0 Å². The summed E-state index contributed by atoms with van der Waals surface area (Å²) in [6.45, 7) is 8.20. The van der Waals surface area contributed by atoms with Gasteiger partial charge in [0.25, 0.3) is 5.56 Å². The quantitative estimate of drug-likeness (QED) is 0.469. The van der Waals surface area contributed by atoms with Crippen molar-refractivity contribution in [2.45, 2.75) is 33.4 Å². The van der Waals surface area contributed by atoms with Crippen LogP contribution in [0.1, 0.15) is 41.5 Å². The Morgan fingerprint density at radius 2 is 1.79 bits per heavy atom. The van der Waals surface area contributed by atoms with E-state index in [9.17, 15) is 19.2 Å². The van der Waals surface area contributed by atoms with E-state index >= 15 is 0 Å². The fourth-order valence-electron chi connectivity index (χ4n) is 4.24. The van der Waals surface area contributed by atoms with E-state index < -0.39 is 17.0 Å². The van der Waals surface area contributed by atoms with Gasteiger partial charge in [-0.2, -0.15) is 0 Å². The largest absolute Gasteiger partial charge is 0.465 e. The minimum Gasteiger partial charge on any atom is -0.465 e. The smallest absolute Gasteiger partial charge is 0.337 e. The fourth-order valence-corrected chi connectivity index (χ4v) is 4.24. The molecule has 2 aromatic rings. The number of Topliss-reactive ketones (excluding diaryl/α,β-unsaturated/α-hetero) is 1. The van der Waals surface area contributed by atoms with E-state index in [1.54, 1.807) is 12.1 Å². The third kappa shape index (κ3) is 5.06. The molecule has 10 heteroatoms. The lowest BCUT2D eigenvalue weighted by atomic mass is 10.1. The number of ketones is 1. The van der Waals surface area contributed by atoms with Crippen LogP contribution in [0, 0.1) is 5.92 Å². The SMILES string of the molecule is COC(=O)c1ccc(N2CCN(CC(=O)c3c(N)n(CC(C)C)c(=O)n(C)c3=O)C(C)C2)cc1. The number of benzene rings is 1. The number of nitrogens with zero attached hydrogens (tertiary/aromatic N) is 4. The highest BCUT2D eigenvalue weighted by molar-refractivity contribution is 6.01. The number of hydrogen-bond acceptors (Lipinski definition) is 8. The number of methoxy groups -OCH3 is 1. The third-order valence-electron chi connectivity index (χ3n) is 6.18. The Kier molecular flexibility index (Phi) is 7.61. The van der Waals surface area contributed by atoms with Crippen molar-refractivity contribution in [3.8, 4) is 0 Å². The molecule has 1 aliphatic rings. The number of anilines is 2. The lowest BCUT2D eigenvalue weighted by molar-refractivity contribution is 0.0600. The van der Waals surface area contributed by atoms with Gasteiger partial charge in [-0.05, 0) is 37.1 Å².